The van der Waals surface area contributed by atoms with Gasteiger partial charge in [0.05, 0.1) is 0 Å². The van der Waals surface area contributed by atoms with Crippen LogP contribution in [0, 0.1) is 30.9 Å². The van der Waals surface area contributed by atoms with E-state index in [1.807, 2.05) is 0 Å². The van der Waals surface area contributed by atoms with Gasteiger partial charge in [-0.15, -0.1) is 0 Å². The van der Waals surface area contributed by atoms with Crippen LogP contribution in [0.5, 0.6) is 0 Å². The van der Waals surface area contributed by atoms with Crippen LogP contribution in [0.1, 0.15) is 0 Å². The van der Waals surface area contributed by atoms with Crippen molar-refractivity contribution in [1.29, 1.82) is 0 Å². The average Bonchev–Trinajstić information content (AvgIpc) is 1.72. The maximum atomic E-state index is 4.94. The summed E-state index contributed by atoms with van der Waals surface area (Å²) in [4.78, 5) is 0. The van der Waals surface area contributed by atoms with E-state index in [2.05, 4.69) is 11.6 Å². The van der Waals surface area contributed by atoms with Gasteiger partial charge < -0.3 is 0 Å². The van der Waals surface area contributed by atoms with Gasteiger partial charge in [-0.05, 0) is 0 Å². The minimum absolute atomic E-state index is 1.96. The van der Waals surface area contributed by atoms with E-state index in [9.17, 15) is 0 Å². The molecule has 0 amide bonds. The van der Waals surface area contributed by atoms with Gasteiger partial charge in [-0.25, -0.2) is 0 Å². The van der Waals surface area contributed by atoms with Gasteiger partial charge in [-0.3, -0.25) is 0 Å². The Bertz CT molecular complexity index is 127. The SMILES string of the molecule is C#[C][Sb]([C]#C)[C]#C. The monoisotopic (exact) mass is 196 g/mol. The fourth-order valence-electron chi connectivity index (χ4n) is 0.112. The van der Waals surface area contributed by atoms with Crippen molar-refractivity contribution in [2.24, 2.45) is 0 Å². The normalized spacial score (nSPS) is 6.00. The summed E-state index contributed by atoms with van der Waals surface area (Å²) < 4.78 is 7.24. The topological polar surface area (TPSA) is 0 Å². The molecule has 32 valence electrons. The molecule has 0 saturated heterocycles. The molecule has 0 heterocycles. The Hall–Kier alpha value is -0.502. The van der Waals surface area contributed by atoms with E-state index in [0.717, 1.165) is 0 Å². The Morgan fingerprint density at radius 1 is 0.857 bits per heavy atom. The molecule has 0 aliphatic carbocycles. The van der Waals surface area contributed by atoms with Crippen LogP contribution in [0.4, 0.5) is 0 Å². The zero-order chi connectivity index (χ0) is 5.70. The summed E-state index contributed by atoms with van der Waals surface area (Å²) in [7, 11) is 0. The summed E-state index contributed by atoms with van der Waals surface area (Å²) in [5.74, 6) is 0. The minimum atomic E-state index is -1.96. The van der Waals surface area contributed by atoms with E-state index in [-0.39, 0.29) is 0 Å². The predicted molar refractivity (Wildman–Crippen MR) is 32.3 cm³/mol. The molecule has 0 aromatic carbocycles. The van der Waals surface area contributed by atoms with E-state index >= 15 is 0 Å². The van der Waals surface area contributed by atoms with E-state index in [1.54, 1.807) is 0 Å². The molecule has 0 rings (SSSR count). The van der Waals surface area contributed by atoms with Crippen molar-refractivity contribution < 1.29 is 0 Å². The summed E-state index contributed by atoms with van der Waals surface area (Å²) in [6.45, 7) is 0. The first-order valence-electron chi connectivity index (χ1n) is 1.54. The molecule has 0 aromatic rings. The van der Waals surface area contributed by atoms with Gasteiger partial charge in [0, 0.05) is 0 Å². The summed E-state index contributed by atoms with van der Waals surface area (Å²) in [6.07, 6.45) is 14.8. The van der Waals surface area contributed by atoms with Crippen LogP contribution < -0.4 is 0 Å². The van der Waals surface area contributed by atoms with E-state index in [1.165, 1.54) is 0 Å². The fraction of sp³-hybridized carbons (Fsp3) is 0. The molecule has 7 heavy (non-hydrogen) atoms. The molecule has 0 nitrogen and oxygen atoms in total. The molecular formula is C6H3Sb. The van der Waals surface area contributed by atoms with Gasteiger partial charge in [0.15, 0.2) is 0 Å². The molecule has 0 radical (unpaired) electrons. The van der Waals surface area contributed by atoms with Crippen LogP contribution in [0.25, 0.3) is 0 Å². The van der Waals surface area contributed by atoms with Crippen molar-refractivity contribution in [2.45, 2.75) is 0 Å². The van der Waals surface area contributed by atoms with Gasteiger partial charge in [-0.1, -0.05) is 0 Å². The standard InChI is InChI=1S/3C2H.Sb/c3*1-2;/h3*1H;. The number of rotatable bonds is 0. The Morgan fingerprint density at radius 2 is 1.14 bits per heavy atom. The van der Waals surface area contributed by atoms with E-state index < -0.39 is 20.2 Å². The second kappa shape index (κ2) is 3.68. The van der Waals surface area contributed by atoms with E-state index in [4.69, 9.17) is 19.3 Å². The van der Waals surface area contributed by atoms with Crippen molar-refractivity contribution >= 4 is 20.2 Å². The average molecular weight is 197 g/mol. The first-order valence-corrected chi connectivity index (χ1v) is 5.37. The molecule has 0 aliphatic rings. The zero-order valence-corrected chi connectivity index (χ0v) is 6.23. The maximum absolute atomic E-state index is 4.94. The first-order chi connectivity index (χ1) is 3.35. The second-order valence-corrected chi connectivity index (χ2v) is 4.85. The van der Waals surface area contributed by atoms with Crippen molar-refractivity contribution in [1.82, 2.24) is 0 Å². The van der Waals surface area contributed by atoms with Crippen LogP contribution in [-0.2, 0) is 0 Å². The van der Waals surface area contributed by atoms with Crippen molar-refractivity contribution in [3.63, 3.8) is 0 Å². The van der Waals surface area contributed by atoms with Gasteiger partial charge in [-0.2, -0.15) is 0 Å². The van der Waals surface area contributed by atoms with Gasteiger partial charge in [0.25, 0.3) is 0 Å². The molecule has 0 atom stereocenters. The summed E-state index contributed by atoms with van der Waals surface area (Å²) in [5.41, 5.74) is 0. The van der Waals surface area contributed by atoms with Gasteiger partial charge in [0.1, 0.15) is 0 Å². The molecule has 0 saturated carbocycles. The Morgan fingerprint density at radius 3 is 1.14 bits per heavy atom. The predicted octanol–water partition coefficient (Wildman–Crippen LogP) is -0.00160. The van der Waals surface area contributed by atoms with Crippen LogP contribution in [0.2, 0.25) is 0 Å². The molecule has 1 heteroatoms. The van der Waals surface area contributed by atoms with Gasteiger partial charge in [0.2, 0.25) is 0 Å². The van der Waals surface area contributed by atoms with E-state index in [0.29, 0.717) is 0 Å². The van der Waals surface area contributed by atoms with Gasteiger partial charge >= 0.3 is 51.1 Å². The summed E-state index contributed by atoms with van der Waals surface area (Å²) in [5, 5.41) is 0. The van der Waals surface area contributed by atoms with Crippen LogP contribution >= 0.6 is 0 Å². The summed E-state index contributed by atoms with van der Waals surface area (Å²) >= 11 is -1.96. The van der Waals surface area contributed by atoms with Crippen LogP contribution in [0.3, 0.4) is 0 Å². The number of hydrogen-bond acceptors (Lipinski definition) is 0. The van der Waals surface area contributed by atoms with Crippen molar-refractivity contribution in [3.8, 4) is 30.9 Å². The third-order valence-electron chi connectivity index (χ3n) is 0.387. The molecule has 0 unspecified atom stereocenters. The van der Waals surface area contributed by atoms with Crippen LogP contribution in [-0.4, -0.2) is 20.2 Å². The second-order valence-electron chi connectivity index (χ2n) is 0.723. The Labute approximate surface area is 51.3 Å². The van der Waals surface area contributed by atoms with Crippen molar-refractivity contribution in [2.75, 3.05) is 0 Å². The molecular weight excluding hydrogens is 194 g/mol. The Balaban J connectivity index is 3.82. The molecule has 0 aromatic heterocycles. The summed E-state index contributed by atoms with van der Waals surface area (Å²) in [6, 6.07) is 0. The number of hydrogen-bond donors (Lipinski definition) is 0. The zero-order valence-electron chi connectivity index (χ0n) is 3.68. The third kappa shape index (κ3) is 2.23. The van der Waals surface area contributed by atoms with Crippen molar-refractivity contribution in [3.05, 3.63) is 0 Å². The third-order valence-corrected chi connectivity index (χ3v) is 2.60. The number of terminal acetylenes is 3. The fourth-order valence-corrected chi connectivity index (χ4v) is 0.750. The molecule has 0 bridgehead atoms. The molecule has 0 aliphatic heterocycles. The molecule has 0 fully saturated rings. The molecule has 0 N–H and O–H groups in total. The quantitative estimate of drug-likeness (QED) is 0.378. The first kappa shape index (κ1) is 6.50. The Kier molecular flexibility index (Phi) is 3.42. The van der Waals surface area contributed by atoms with Crippen LogP contribution in [0.15, 0.2) is 0 Å². The molecule has 0 spiro atoms.